The van der Waals surface area contributed by atoms with Gasteiger partial charge in [-0.1, -0.05) is 41.4 Å². The van der Waals surface area contributed by atoms with Gasteiger partial charge in [-0.05, 0) is 55.8 Å². The van der Waals surface area contributed by atoms with Gasteiger partial charge in [0.15, 0.2) is 0 Å². The number of hydrogen-bond donors (Lipinski definition) is 2. The van der Waals surface area contributed by atoms with Crippen LogP contribution in [-0.2, 0) is 6.42 Å². The second kappa shape index (κ2) is 7.83. The number of hydrogen-bond acceptors (Lipinski definition) is 2. The van der Waals surface area contributed by atoms with Crippen LogP contribution in [0.2, 0.25) is 10.0 Å². The van der Waals surface area contributed by atoms with Gasteiger partial charge in [0.25, 0.3) is 0 Å². The first kappa shape index (κ1) is 17.7. The molecule has 2 nitrogen and oxygen atoms in total. The van der Waals surface area contributed by atoms with Crippen LogP contribution in [0.15, 0.2) is 41.3 Å². The number of thioether (sulfide) groups is 1. The summed E-state index contributed by atoms with van der Waals surface area (Å²) >= 11 is 14.4. The number of aromatic amines is 1. The Morgan fingerprint density at radius 1 is 1.12 bits per heavy atom. The molecule has 0 aliphatic heterocycles. The highest BCUT2D eigenvalue weighted by molar-refractivity contribution is 7.98. The number of nitrogens with two attached hydrogens (primary N) is 1. The highest BCUT2D eigenvalue weighted by Crippen LogP contribution is 2.39. The van der Waals surface area contributed by atoms with Crippen molar-refractivity contribution in [2.45, 2.75) is 24.2 Å². The van der Waals surface area contributed by atoms with E-state index in [0.717, 1.165) is 35.9 Å². The van der Waals surface area contributed by atoms with Crippen LogP contribution in [0, 0.1) is 0 Å². The molecule has 0 fully saturated rings. The van der Waals surface area contributed by atoms with Crippen LogP contribution in [0.25, 0.3) is 22.2 Å². The molecule has 0 atom stereocenters. The van der Waals surface area contributed by atoms with Crippen molar-refractivity contribution in [3.05, 3.63) is 52.0 Å². The van der Waals surface area contributed by atoms with E-state index >= 15 is 0 Å². The molecule has 0 spiro atoms. The lowest BCUT2D eigenvalue weighted by molar-refractivity contribution is 0.748. The second-order valence-corrected chi connectivity index (χ2v) is 7.43. The van der Waals surface area contributed by atoms with Crippen LogP contribution in [0.5, 0.6) is 0 Å². The van der Waals surface area contributed by atoms with Crippen LogP contribution in [0.4, 0.5) is 0 Å². The molecule has 5 heteroatoms. The zero-order valence-electron chi connectivity index (χ0n) is 13.5. The first-order valence-electron chi connectivity index (χ1n) is 7.98. The molecule has 3 rings (SSSR count). The number of fused-ring (bicyclic) bond motifs is 1. The van der Waals surface area contributed by atoms with Gasteiger partial charge in [0.2, 0.25) is 0 Å². The quantitative estimate of drug-likeness (QED) is 0.399. The van der Waals surface area contributed by atoms with Crippen LogP contribution < -0.4 is 5.73 Å². The van der Waals surface area contributed by atoms with E-state index in [1.807, 2.05) is 6.07 Å². The standard InChI is InChI=1S/C19H20Cl2N2S/c1-24-17-8-3-2-7-14(17)18-13(6-4-5-9-22)15-10-12(20)11-16(21)19(15)23-18/h2-3,7-8,10-11,23H,4-6,9,22H2,1H3. The lowest BCUT2D eigenvalue weighted by Crippen LogP contribution is -1.99. The van der Waals surface area contributed by atoms with Gasteiger partial charge in [-0.25, -0.2) is 0 Å². The highest BCUT2D eigenvalue weighted by atomic mass is 35.5. The Morgan fingerprint density at radius 2 is 1.92 bits per heavy atom. The summed E-state index contributed by atoms with van der Waals surface area (Å²) in [5.41, 5.74) is 10.2. The Morgan fingerprint density at radius 3 is 2.67 bits per heavy atom. The fourth-order valence-electron chi connectivity index (χ4n) is 3.06. The third kappa shape index (κ3) is 3.45. The predicted molar refractivity (Wildman–Crippen MR) is 108 cm³/mol. The van der Waals surface area contributed by atoms with E-state index < -0.39 is 0 Å². The fourth-order valence-corrected chi connectivity index (χ4v) is 4.21. The number of nitrogens with one attached hydrogen (secondary N) is 1. The third-order valence-electron chi connectivity index (χ3n) is 4.19. The topological polar surface area (TPSA) is 41.8 Å². The summed E-state index contributed by atoms with van der Waals surface area (Å²) in [6, 6.07) is 12.2. The molecule has 1 heterocycles. The van der Waals surface area contributed by atoms with Crippen molar-refractivity contribution in [1.29, 1.82) is 0 Å². The van der Waals surface area contributed by atoms with E-state index in [9.17, 15) is 0 Å². The third-order valence-corrected chi connectivity index (χ3v) is 5.50. The van der Waals surface area contributed by atoms with Crippen molar-refractivity contribution in [3.63, 3.8) is 0 Å². The van der Waals surface area contributed by atoms with Gasteiger partial charge in [0.1, 0.15) is 0 Å². The first-order chi connectivity index (χ1) is 11.7. The molecule has 0 saturated heterocycles. The predicted octanol–water partition coefficient (Wildman–Crippen LogP) is 6.15. The van der Waals surface area contributed by atoms with Crippen LogP contribution in [0.1, 0.15) is 18.4 Å². The zero-order valence-corrected chi connectivity index (χ0v) is 15.9. The van der Waals surface area contributed by atoms with Gasteiger partial charge in [-0.3, -0.25) is 0 Å². The Balaban J connectivity index is 2.22. The number of aryl methyl sites for hydroxylation is 1. The molecular formula is C19H20Cl2N2S. The molecule has 3 N–H and O–H groups in total. The molecular weight excluding hydrogens is 359 g/mol. The molecule has 0 amide bonds. The first-order valence-corrected chi connectivity index (χ1v) is 9.96. The number of benzene rings is 2. The Bertz CT molecular complexity index is 858. The second-order valence-electron chi connectivity index (χ2n) is 5.73. The van der Waals surface area contributed by atoms with E-state index in [-0.39, 0.29) is 0 Å². The minimum absolute atomic E-state index is 0.658. The highest BCUT2D eigenvalue weighted by Gasteiger charge is 2.17. The Hall–Kier alpha value is -1.13. The number of aromatic nitrogens is 1. The van der Waals surface area contributed by atoms with Crippen molar-refractivity contribution < 1.29 is 0 Å². The monoisotopic (exact) mass is 378 g/mol. The van der Waals surface area contributed by atoms with Gasteiger partial charge in [0.05, 0.1) is 16.2 Å². The molecule has 126 valence electrons. The molecule has 0 unspecified atom stereocenters. The molecule has 0 radical (unpaired) electrons. The average molecular weight is 379 g/mol. The largest absolute Gasteiger partial charge is 0.353 e. The van der Waals surface area contributed by atoms with Gasteiger partial charge in [0, 0.05) is 20.9 Å². The minimum atomic E-state index is 0.658. The van der Waals surface area contributed by atoms with Crippen molar-refractivity contribution in [3.8, 4) is 11.3 Å². The van der Waals surface area contributed by atoms with Crippen molar-refractivity contribution in [2.75, 3.05) is 12.8 Å². The van der Waals surface area contributed by atoms with Crippen molar-refractivity contribution in [2.24, 2.45) is 5.73 Å². The zero-order chi connectivity index (χ0) is 17.1. The normalized spacial score (nSPS) is 11.3. The smallest absolute Gasteiger partial charge is 0.0662 e. The minimum Gasteiger partial charge on any atom is -0.353 e. The molecule has 3 aromatic rings. The maximum absolute atomic E-state index is 6.43. The summed E-state index contributed by atoms with van der Waals surface area (Å²) in [5.74, 6) is 0. The maximum atomic E-state index is 6.43. The Kier molecular flexibility index (Phi) is 5.77. The lowest BCUT2D eigenvalue weighted by Gasteiger charge is -2.09. The van der Waals surface area contributed by atoms with Crippen LogP contribution >= 0.6 is 35.0 Å². The molecule has 24 heavy (non-hydrogen) atoms. The van der Waals surface area contributed by atoms with Crippen molar-refractivity contribution >= 4 is 45.9 Å². The van der Waals surface area contributed by atoms with E-state index in [0.29, 0.717) is 16.6 Å². The molecule has 0 saturated carbocycles. The van der Waals surface area contributed by atoms with Gasteiger partial charge in [-0.2, -0.15) is 0 Å². The summed E-state index contributed by atoms with van der Waals surface area (Å²) in [7, 11) is 0. The van der Waals surface area contributed by atoms with E-state index in [2.05, 4.69) is 35.5 Å². The van der Waals surface area contributed by atoms with Gasteiger partial charge < -0.3 is 10.7 Å². The molecule has 0 aliphatic rings. The number of halogens is 2. The number of rotatable bonds is 6. The number of H-pyrrole nitrogens is 1. The Labute approximate surface area is 156 Å². The summed E-state index contributed by atoms with van der Waals surface area (Å²) < 4.78 is 0. The van der Waals surface area contributed by atoms with E-state index in [1.165, 1.54) is 16.0 Å². The fraction of sp³-hybridized carbons (Fsp3) is 0.263. The molecule has 0 bridgehead atoms. The van der Waals surface area contributed by atoms with E-state index in [1.54, 1.807) is 17.8 Å². The molecule has 1 aromatic heterocycles. The van der Waals surface area contributed by atoms with Gasteiger partial charge >= 0.3 is 0 Å². The van der Waals surface area contributed by atoms with Crippen molar-refractivity contribution in [1.82, 2.24) is 4.98 Å². The van der Waals surface area contributed by atoms with Crippen LogP contribution in [0.3, 0.4) is 0 Å². The molecule has 0 aliphatic carbocycles. The van der Waals surface area contributed by atoms with Gasteiger partial charge in [-0.15, -0.1) is 11.8 Å². The molecule has 2 aromatic carbocycles. The summed E-state index contributed by atoms with van der Waals surface area (Å²) in [5, 5.41) is 2.43. The average Bonchev–Trinajstić information content (AvgIpc) is 2.94. The number of unbranched alkanes of at least 4 members (excludes halogenated alkanes) is 1. The van der Waals surface area contributed by atoms with E-state index in [4.69, 9.17) is 28.9 Å². The van der Waals surface area contributed by atoms with Crippen LogP contribution in [-0.4, -0.2) is 17.8 Å². The summed E-state index contributed by atoms with van der Waals surface area (Å²) in [6.07, 6.45) is 5.10. The SMILES string of the molecule is CSc1ccccc1-c1[nH]c2c(Cl)cc(Cl)cc2c1CCCCN. The summed E-state index contributed by atoms with van der Waals surface area (Å²) in [4.78, 5) is 4.78. The lowest BCUT2D eigenvalue weighted by atomic mass is 10.0. The maximum Gasteiger partial charge on any atom is 0.0662 e. The summed E-state index contributed by atoms with van der Waals surface area (Å²) in [6.45, 7) is 0.709.